The van der Waals surface area contributed by atoms with Gasteiger partial charge in [-0.2, -0.15) is 0 Å². The van der Waals surface area contributed by atoms with Crippen molar-refractivity contribution in [3.63, 3.8) is 0 Å². The van der Waals surface area contributed by atoms with Gasteiger partial charge in [-0.05, 0) is 67.1 Å². The van der Waals surface area contributed by atoms with E-state index in [0.717, 1.165) is 17.0 Å². The molecule has 0 saturated heterocycles. The van der Waals surface area contributed by atoms with Crippen LogP contribution in [0.2, 0.25) is 0 Å². The summed E-state index contributed by atoms with van der Waals surface area (Å²) in [6.45, 7) is 2.01. The van der Waals surface area contributed by atoms with E-state index >= 15 is 0 Å². The fourth-order valence-corrected chi connectivity index (χ4v) is 2.82. The van der Waals surface area contributed by atoms with Crippen LogP contribution in [-0.2, 0) is 0 Å². The lowest BCUT2D eigenvalue weighted by Gasteiger charge is -2.09. The Hall–Kier alpha value is -4.19. The second-order valence-electron chi connectivity index (χ2n) is 6.65. The highest BCUT2D eigenvalue weighted by Gasteiger charge is 2.10. The summed E-state index contributed by atoms with van der Waals surface area (Å²) in [5, 5.41) is 5.95. The second-order valence-corrected chi connectivity index (χ2v) is 6.65. The maximum atomic E-state index is 12.6. The number of aryl methyl sites for hydroxylation is 1. The van der Waals surface area contributed by atoms with Crippen molar-refractivity contribution in [2.45, 2.75) is 6.92 Å². The van der Waals surface area contributed by atoms with Crippen LogP contribution < -0.4 is 15.4 Å². The fraction of sp³-hybridized carbons (Fsp3) is 0.0417. The van der Waals surface area contributed by atoms with Gasteiger partial charge in [-0.3, -0.25) is 4.79 Å². The molecule has 1 heterocycles. The third kappa shape index (κ3) is 4.99. The summed E-state index contributed by atoms with van der Waals surface area (Å²) in [7, 11) is 0. The van der Waals surface area contributed by atoms with Crippen molar-refractivity contribution in [3.8, 4) is 11.5 Å². The maximum Gasteiger partial charge on any atom is 0.274 e. The number of amides is 1. The molecule has 1 amide bonds. The molecule has 3 aromatic carbocycles. The third-order valence-corrected chi connectivity index (χ3v) is 4.25. The molecule has 0 bridgehead atoms. The predicted octanol–water partition coefficient (Wildman–Crippen LogP) is 5.57. The van der Waals surface area contributed by atoms with Crippen LogP contribution in [0.25, 0.3) is 0 Å². The Bertz CT molecular complexity index is 1150. The van der Waals surface area contributed by atoms with Gasteiger partial charge in [0.05, 0.1) is 0 Å². The van der Waals surface area contributed by atoms with Crippen LogP contribution in [0.5, 0.6) is 11.5 Å². The minimum atomic E-state index is -0.318. The molecular weight excluding hydrogens is 376 g/mol. The van der Waals surface area contributed by atoms with Gasteiger partial charge < -0.3 is 15.4 Å². The monoisotopic (exact) mass is 396 g/mol. The molecule has 148 valence electrons. The van der Waals surface area contributed by atoms with Crippen molar-refractivity contribution >= 4 is 23.2 Å². The summed E-state index contributed by atoms with van der Waals surface area (Å²) in [5.41, 5.74) is 2.90. The smallest absolute Gasteiger partial charge is 0.274 e. The van der Waals surface area contributed by atoms with Gasteiger partial charge in [0.2, 0.25) is 5.95 Å². The summed E-state index contributed by atoms with van der Waals surface area (Å²) < 4.78 is 5.76. The van der Waals surface area contributed by atoms with Crippen LogP contribution in [0.1, 0.15) is 16.1 Å². The van der Waals surface area contributed by atoms with E-state index < -0.39 is 0 Å². The van der Waals surface area contributed by atoms with Crippen LogP contribution in [0.4, 0.5) is 17.3 Å². The molecule has 0 spiro atoms. The van der Waals surface area contributed by atoms with E-state index in [0.29, 0.717) is 17.4 Å². The molecular formula is C24H20N4O2. The molecule has 6 heteroatoms. The van der Waals surface area contributed by atoms with Crippen molar-refractivity contribution in [1.82, 2.24) is 9.97 Å². The van der Waals surface area contributed by atoms with E-state index in [1.807, 2.05) is 61.5 Å². The van der Waals surface area contributed by atoms with E-state index in [1.165, 1.54) is 0 Å². The number of carbonyl (C=O) groups excluding carboxylic acids is 1. The van der Waals surface area contributed by atoms with Crippen molar-refractivity contribution in [2.24, 2.45) is 0 Å². The first-order valence-corrected chi connectivity index (χ1v) is 9.47. The Labute approximate surface area is 174 Å². The van der Waals surface area contributed by atoms with Gasteiger partial charge in [0.15, 0.2) is 0 Å². The summed E-state index contributed by atoms with van der Waals surface area (Å²) in [4.78, 5) is 21.1. The van der Waals surface area contributed by atoms with Gasteiger partial charge in [0.25, 0.3) is 5.91 Å². The summed E-state index contributed by atoms with van der Waals surface area (Å²) in [5.74, 6) is 1.48. The van der Waals surface area contributed by atoms with Crippen LogP contribution in [0.3, 0.4) is 0 Å². The molecule has 4 aromatic rings. The highest BCUT2D eigenvalue weighted by molar-refractivity contribution is 6.03. The lowest BCUT2D eigenvalue weighted by Crippen LogP contribution is -2.14. The van der Waals surface area contributed by atoms with Gasteiger partial charge in [0, 0.05) is 17.6 Å². The maximum absolute atomic E-state index is 12.6. The highest BCUT2D eigenvalue weighted by atomic mass is 16.5. The van der Waals surface area contributed by atoms with E-state index in [2.05, 4.69) is 20.6 Å². The quantitative estimate of drug-likeness (QED) is 0.445. The number of hydrogen-bond acceptors (Lipinski definition) is 5. The highest BCUT2D eigenvalue weighted by Crippen LogP contribution is 2.23. The first kappa shape index (κ1) is 19.1. The fourth-order valence-electron chi connectivity index (χ4n) is 2.82. The minimum Gasteiger partial charge on any atom is -0.457 e. The zero-order valence-electron chi connectivity index (χ0n) is 16.4. The number of hydrogen-bond donors (Lipinski definition) is 2. The van der Waals surface area contributed by atoms with Crippen LogP contribution in [0, 0.1) is 6.92 Å². The zero-order chi connectivity index (χ0) is 20.8. The molecule has 2 N–H and O–H groups in total. The van der Waals surface area contributed by atoms with E-state index in [-0.39, 0.29) is 11.6 Å². The minimum absolute atomic E-state index is 0.268. The van der Waals surface area contributed by atoms with Gasteiger partial charge in [-0.15, -0.1) is 0 Å². The van der Waals surface area contributed by atoms with Crippen molar-refractivity contribution < 1.29 is 9.53 Å². The average molecular weight is 396 g/mol. The van der Waals surface area contributed by atoms with E-state index in [9.17, 15) is 4.79 Å². The number of benzene rings is 3. The number of rotatable bonds is 6. The van der Waals surface area contributed by atoms with E-state index in [4.69, 9.17) is 4.74 Å². The lowest BCUT2D eigenvalue weighted by molar-refractivity contribution is 0.102. The van der Waals surface area contributed by atoms with Crippen LogP contribution in [0.15, 0.2) is 91.1 Å². The Morgan fingerprint density at radius 2 is 1.60 bits per heavy atom. The molecule has 0 saturated carbocycles. The first-order valence-electron chi connectivity index (χ1n) is 9.47. The van der Waals surface area contributed by atoms with Gasteiger partial charge in [-0.25, -0.2) is 9.97 Å². The molecule has 0 fully saturated rings. The zero-order valence-corrected chi connectivity index (χ0v) is 16.4. The summed E-state index contributed by atoms with van der Waals surface area (Å²) in [6.07, 6.45) is 1.55. The largest absolute Gasteiger partial charge is 0.457 e. The van der Waals surface area contributed by atoms with Crippen LogP contribution >= 0.6 is 0 Å². The Morgan fingerprint density at radius 1 is 0.833 bits per heavy atom. The molecule has 0 radical (unpaired) electrons. The number of aromatic nitrogens is 2. The molecule has 0 atom stereocenters. The van der Waals surface area contributed by atoms with Crippen LogP contribution in [-0.4, -0.2) is 15.9 Å². The van der Waals surface area contributed by atoms with Gasteiger partial charge in [0.1, 0.15) is 17.2 Å². The predicted molar refractivity (Wildman–Crippen MR) is 117 cm³/mol. The molecule has 4 rings (SSSR count). The lowest BCUT2D eigenvalue weighted by atomic mass is 10.2. The standard InChI is InChI=1S/C24H20N4O2/c1-17-6-5-7-19(16-17)27-24-25-15-14-22(28-24)23(29)26-18-10-12-21(13-11-18)30-20-8-3-2-4-9-20/h2-16H,1H3,(H,26,29)(H,25,27,28). The third-order valence-electron chi connectivity index (χ3n) is 4.25. The Kier molecular flexibility index (Phi) is 5.66. The van der Waals surface area contributed by atoms with Gasteiger partial charge in [-0.1, -0.05) is 30.3 Å². The normalized spacial score (nSPS) is 10.3. The topological polar surface area (TPSA) is 76.1 Å². The Morgan fingerprint density at radius 3 is 2.37 bits per heavy atom. The summed E-state index contributed by atoms with van der Waals surface area (Å²) >= 11 is 0. The molecule has 0 aliphatic carbocycles. The molecule has 1 aromatic heterocycles. The molecule has 0 unspecified atom stereocenters. The SMILES string of the molecule is Cc1cccc(Nc2nccc(C(=O)Nc3ccc(Oc4ccccc4)cc3)n2)c1. The number of anilines is 3. The first-order chi connectivity index (χ1) is 14.7. The molecule has 30 heavy (non-hydrogen) atoms. The van der Waals surface area contributed by atoms with Crippen molar-refractivity contribution in [1.29, 1.82) is 0 Å². The molecule has 0 aliphatic rings. The second kappa shape index (κ2) is 8.87. The summed E-state index contributed by atoms with van der Waals surface area (Å²) in [6, 6.07) is 26.1. The molecule has 6 nitrogen and oxygen atoms in total. The number of carbonyl (C=O) groups is 1. The van der Waals surface area contributed by atoms with E-state index in [1.54, 1.807) is 36.5 Å². The van der Waals surface area contributed by atoms with Crippen molar-refractivity contribution in [3.05, 3.63) is 102 Å². The molecule has 0 aliphatic heterocycles. The Balaban J connectivity index is 1.41. The average Bonchev–Trinajstić information content (AvgIpc) is 2.76. The van der Waals surface area contributed by atoms with Crippen molar-refractivity contribution in [2.75, 3.05) is 10.6 Å². The number of nitrogens with one attached hydrogen (secondary N) is 2. The number of ether oxygens (including phenoxy) is 1. The van der Waals surface area contributed by atoms with Gasteiger partial charge >= 0.3 is 0 Å². The number of nitrogens with zero attached hydrogens (tertiary/aromatic N) is 2. The number of para-hydroxylation sites is 1.